The van der Waals surface area contributed by atoms with Crippen LogP contribution >= 0.6 is 0 Å². The second kappa shape index (κ2) is 10.5. The van der Waals surface area contributed by atoms with E-state index in [-0.39, 0.29) is 0 Å². The monoisotopic (exact) mass is 617 g/mol. The molecule has 226 valence electrons. The van der Waals surface area contributed by atoms with Gasteiger partial charge in [0.1, 0.15) is 16.7 Å². The Labute approximate surface area is 275 Å². The summed E-state index contributed by atoms with van der Waals surface area (Å²) < 4.78 is 15.2. The highest BCUT2D eigenvalue weighted by molar-refractivity contribution is 6.16. The molecule has 3 aromatic heterocycles. The Morgan fingerprint density at radius 1 is 0.479 bits per heavy atom. The number of hydrogen-bond donors (Lipinski definition) is 0. The number of oxazole rings is 1. The van der Waals surface area contributed by atoms with E-state index in [1.54, 1.807) is 0 Å². The van der Waals surface area contributed by atoms with Gasteiger partial charge in [0, 0.05) is 44.9 Å². The van der Waals surface area contributed by atoms with Gasteiger partial charge >= 0.3 is 0 Å². The lowest BCUT2D eigenvalue weighted by Gasteiger charge is -2.26. The number of anilines is 3. The Kier molecular flexibility index (Phi) is 5.81. The van der Waals surface area contributed by atoms with Crippen molar-refractivity contribution in [3.8, 4) is 17.1 Å². The quantitative estimate of drug-likeness (QED) is 0.193. The number of para-hydroxylation sites is 3. The molecule has 0 unspecified atom stereocenters. The first-order valence-corrected chi connectivity index (χ1v) is 16.1. The standard InChI is InChI=1S/C43H27N3O2/c1-4-13-28(14-5-1)43-44-35-27-40-34(26-41(35)48-43)42-38(21-12-22-39(42)47-40)45(29-15-6-2-7-16-29)31-23-24-37-33(25-31)32-19-10-11-20-36(32)46(37)30-17-8-3-9-18-30/h1-27H. The van der Waals surface area contributed by atoms with Crippen LogP contribution in [-0.4, -0.2) is 9.55 Å². The molecule has 0 amide bonds. The van der Waals surface area contributed by atoms with Gasteiger partial charge in [-0.05, 0) is 78.9 Å². The molecule has 0 atom stereocenters. The lowest BCUT2D eigenvalue weighted by molar-refractivity contribution is 0.620. The number of furan rings is 1. The van der Waals surface area contributed by atoms with Crippen LogP contribution in [0.4, 0.5) is 17.1 Å². The van der Waals surface area contributed by atoms with Crippen LogP contribution in [0.3, 0.4) is 0 Å². The first kappa shape index (κ1) is 26.6. The molecule has 0 saturated heterocycles. The van der Waals surface area contributed by atoms with Gasteiger partial charge in [-0.3, -0.25) is 0 Å². The molecule has 48 heavy (non-hydrogen) atoms. The lowest BCUT2D eigenvalue weighted by Crippen LogP contribution is -2.10. The summed E-state index contributed by atoms with van der Waals surface area (Å²) in [5.41, 5.74) is 10.6. The molecule has 5 nitrogen and oxygen atoms in total. The zero-order valence-electron chi connectivity index (χ0n) is 25.7. The molecule has 0 spiro atoms. The number of benzene rings is 7. The summed E-state index contributed by atoms with van der Waals surface area (Å²) in [6.45, 7) is 0. The first-order chi connectivity index (χ1) is 23.8. The lowest BCUT2D eigenvalue weighted by atomic mass is 10.1. The van der Waals surface area contributed by atoms with Gasteiger partial charge in [-0.1, -0.05) is 78.9 Å². The molecule has 10 rings (SSSR count). The van der Waals surface area contributed by atoms with Crippen molar-refractivity contribution in [2.45, 2.75) is 0 Å². The van der Waals surface area contributed by atoms with Gasteiger partial charge in [-0.2, -0.15) is 0 Å². The Balaban J connectivity index is 1.21. The molecule has 0 saturated carbocycles. The van der Waals surface area contributed by atoms with Crippen molar-refractivity contribution in [2.75, 3.05) is 4.90 Å². The van der Waals surface area contributed by atoms with Crippen molar-refractivity contribution in [1.82, 2.24) is 9.55 Å². The highest BCUT2D eigenvalue weighted by Crippen LogP contribution is 2.45. The van der Waals surface area contributed by atoms with E-state index in [4.69, 9.17) is 13.8 Å². The van der Waals surface area contributed by atoms with Gasteiger partial charge in [0.05, 0.1) is 22.1 Å². The van der Waals surface area contributed by atoms with Crippen molar-refractivity contribution in [3.63, 3.8) is 0 Å². The van der Waals surface area contributed by atoms with Crippen LogP contribution in [0.2, 0.25) is 0 Å². The summed E-state index contributed by atoms with van der Waals surface area (Å²) in [6.07, 6.45) is 0. The van der Waals surface area contributed by atoms with Crippen molar-refractivity contribution in [3.05, 3.63) is 164 Å². The molecule has 10 aromatic rings. The third-order valence-corrected chi connectivity index (χ3v) is 9.19. The molecular weight excluding hydrogens is 590 g/mol. The molecule has 0 bridgehead atoms. The second-order valence-electron chi connectivity index (χ2n) is 12.0. The zero-order valence-corrected chi connectivity index (χ0v) is 25.7. The normalized spacial score (nSPS) is 11.8. The van der Waals surface area contributed by atoms with Gasteiger partial charge in [0.25, 0.3) is 0 Å². The van der Waals surface area contributed by atoms with E-state index in [2.05, 4.69) is 131 Å². The minimum Gasteiger partial charge on any atom is -0.456 e. The molecule has 3 heterocycles. The number of nitrogens with zero attached hydrogens (tertiary/aromatic N) is 3. The van der Waals surface area contributed by atoms with Gasteiger partial charge in [-0.15, -0.1) is 0 Å². The average Bonchev–Trinajstić information content (AvgIpc) is 3.83. The first-order valence-electron chi connectivity index (χ1n) is 16.1. The molecule has 0 radical (unpaired) electrons. The number of hydrogen-bond acceptors (Lipinski definition) is 4. The maximum atomic E-state index is 6.51. The summed E-state index contributed by atoms with van der Waals surface area (Å²) in [7, 11) is 0. The van der Waals surface area contributed by atoms with Crippen LogP contribution in [0.5, 0.6) is 0 Å². The number of rotatable bonds is 5. The van der Waals surface area contributed by atoms with Gasteiger partial charge < -0.3 is 18.3 Å². The Hall–Kier alpha value is -6.59. The third kappa shape index (κ3) is 4.08. The predicted octanol–water partition coefficient (Wildman–Crippen LogP) is 12.0. The SMILES string of the molecule is c1ccc(-c2nc3cc4oc5cccc(N(c6ccccc6)c6ccc7c(c6)c6ccccc6n7-c6ccccc6)c5c4cc3o2)cc1. The summed E-state index contributed by atoms with van der Waals surface area (Å²) in [4.78, 5) is 7.12. The van der Waals surface area contributed by atoms with Gasteiger partial charge in [-0.25, -0.2) is 4.98 Å². The van der Waals surface area contributed by atoms with E-state index in [9.17, 15) is 0 Å². The van der Waals surface area contributed by atoms with Crippen molar-refractivity contribution in [2.24, 2.45) is 0 Å². The molecule has 0 aliphatic rings. The van der Waals surface area contributed by atoms with E-state index >= 15 is 0 Å². The molecule has 7 aromatic carbocycles. The maximum Gasteiger partial charge on any atom is 0.227 e. The minimum absolute atomic E-state index is 0.594. The highest BCUT2D eigenvalue weighted by atomic mass is 16.4. The fourth-order valence-electron chi connectivity index (χ4n) is 7.08. The van der Waals surface area contributed by atoms with Gasteiger partial charge in [0.2, 0.25) is 5.89 Å². The second-order valence-corrected chi connectivity index (χ2v) is 12.0. The van der Waals surface area contributed by atoms with Crippen LogP contribution in [-0.2, 0) is 0 Å². The smallest absolute Gasteiger partial charge is 0.227 e. The summed E-state index contributed by atoms with van der Waals surface area (Å²) in [5, 5.41) is 4.39. The van der Waals surface area contributed by atoms with E-state index in [1.807, 2.05) is 42.5 Å². The number of aromatic nitrogens is 2. The molecule has 0 fully saturated rings. The van der Waals surface area contributed by atoms with E-state index in [0.29, 0.717) is 5.89 Å². The van der Waals surface area contributed by atoms with Crippen LogP contribution in [0.15, 0.2) is 173 Å². The van der Waals surface area contributed by atoms with Crippen LogP contribution in [0.1, 0.15) is 0 Å². The summed E-state index contributed by atoms with van der Waals surface area (Å²) >= 11 is 0. The van der Waals surface area contributed by atoms with Crippen LogP contribution in [0.25, 0.3) is 72.0 Å². The van der Waals surface area contributed by atoms with E-state index in [0.717, 1.165) is 66.9 Å². The molecular formula is C43H27N3O2. The Bertz CT molecular complexity index is 2780. The maximum absolute atomic E-state index is 6.51. The number of fused-ring (bicyclic) bond motifs is 7. The zero-order chi connectivity index (χ0) is 31.6. The van der Waals surface area contributed by atoms with Crippen LogP contribution in [0, 0.1) is 0 Å². The van der Waals surface area contributed by atoms with Crippen molar-refractivity contribution >= 4 is 71.9 Å². The molecule has 0 N–H and O–H groups in total. The molecule has 0 aliphatic carbocycles. The minimum atomic E-state index is 0.594. The van der Waals surface area contributed by atoms with Crippen molar-refractivity contribution in [1.29, 1.82) is 0 Å². The summed E-state index contributed by atoms with van der Waals surface area (Å²) in [6, 6.07) is 56.8. The summed E-state index contributed by atoms with van der Waals surface area (Å²) in [5.74, 6) is 0.594. The predicted molar refractivity (Wildman–Crippen MR) is 196 cm³/mol. The topological polar surface area (TPSA) is 47.3 Å². The third-order valence-electron chi connectivity index (χ3n) is 9.19. The van der Waals surface area contributed by atoms with Gasteiger partial charge in [0.15, 0.2) is 5.58 Å². The fraction of sp³-hybridized carbons (Fsp3) is 0. The molecule has 5 heteroatoms. The van der Waals surface area contributed by atoms with E-state index < -0.39 is 0 Å². The Morgan fingerprint density at radius 3 is 2.04 bits per heavy atom. The molecule has 0 aliphatic heterocycles. The Morgan fingerprint density at radius 2 is 1.21 bits per heavy atom. The average molecular weight is 618 g/mol. The highest BCUT2D eigenvalue weighted by Gasteiger charge is 2.22. The fourth-order valence-corrected chi connectivity index (χ4v) is 7.08. The van der Waals surface area contributed by atoms with E-state index in [1.165, 1.54) is 16.3 Å². The van der Waals surface area contributed by atoms with Crippen LogP contribution < -0.4 is 4.90 Å². The largest absolute Gasteiger partial charge is 0.456 e. The van der Waals surface area contributed by atoms with Crippen molar-refractivity contribution < 1.29 is 8.83 Å².